The number of carboxylic acids is 1. The summed E-state index contributed by atoms with van der Waals surface area (Å²) in [6.45, 7) is 2.38. The molecule has 0 aromatic heterocycles. The molecular weight excluding hydrogens is 540 g/mol. The van der Waals surface area contributed by atoms with Gasteiger partial charge in [0.25, 0.3) is 11.7 Å². The number of hydrogen-bond acceptors (Lipinski definition) is 7. The first-order valence-corrected chi connectivity index (χ1v) is 14.2. The molecule has 0 bridgehead atoms. The van der Waals surface area contributed by atoms with Gasteiger partial charge in [0.05, 0.1) is 17.5 Å². The first-order chi connectivity index (χ1) is 18.8. The number of carbonyl (C=O) groups is 5. The summed E-state index contributed by atoms with van der Waals surface area (Å²) < 4.78 is 26.1. The number of nitrogens with one attached hydrogen (secondary N) is 3. The van der Waals surface area contributed by atoms with Crippen molar-refractivity contribution in [3.63, 3.8) is 0 Å². The normalized spacial score (nSPS) is 12.1. The lowest BCUT2D eigenvalue weighted by Crippen LogP contribution is -2.47. The van der Waals surface area contributed by atoms with Crippen LogP contribution in [-0.2, 0) is 30.8 Å². The lowest BCUT2D eigenvalue weighted by molar-refractivity contribution is -0.122. The highest BCUT2D eigenvalue weighted by Gasteiger charge is 2.25. The Morgan fingerprint density at radius 1 is 1.02 bits per heavy atom. The summed E-state index contributed by atoms with van der Waals surface area (Å²) in [5, 5.41) is 14.3. The summed E-state index contributed by atoms with van der Waals surface area (Å²) in [5.74, 6) is -4.82. The van der Waals surface area contributed by atoms with Gasteiger partial charge in [-0.1, -0.05) is 44.0 Å². The Kier molecular flexibility index (Phi) is 11.7. The van der Waals surface area contributed by atoms with Crippen LogP contribution in [0.15, 0.2) is 48.5 Å². The fourth-order valence-corrected chi connectivity index (χ4v) is 4.43. The molecule has 0 heterocycles. The van der Waals surface area contributed by atoms with Gasteiger partial charge in [-0.25, -0.2) is 17.9 Å². The Balaban J connectivity index is 2.37. The van der Waals surface area contributed by atoms with Crippen LogP contribution in [0.5, 0.6) is 0 Å². The van der Waals surface area contributed by atoms with Crippen molar-refractivity contribution in [1.29, 1.82) is 0 Å². The van der Waals surface area contributed by atoms with E-state index >= 15 is 0 Å². The number of nitrogens with two attached hydrogens (primary N) is 1. The van der Waals surface area contributed by atoms with Crippen LogP contribution < -0.4 is 21.1 Å². The first kappa shape index (κ1) is 31.9. The van der Waals surface area contributed by atoms with Gasteiger partial charge in [-0.3, -0.25) is 19.2 Å². The number of aromatic carboxylic acids is 1. The van der Waals surface area contributed by atoms with Crippen molar-refractivity contribution in [3.05, 3.63) is 70.8 Å². The number of carboxylic acid groups (broad SMARTS) is 1. The molecule has 214 valence electrons. The molecule has 3 amide bonds. The predicted molar refractivity (Wildman–Crippen MR) is 149 cm³/mol. The number of anilines is 1. The van der Waals surface area contributed by atoms with Crippen LogP contribution in [0.4, 0.5) is 5.69 Å². The third kappa shape index (κ3) is 10.1. The van der Waals surface area contributed by atoms with Gasteiger partial charge in [0.1, 0.15) is 6.04 Å². The van der Waals surface area contributed by atoms with E-state index in [-0.39, 0.29) is 28.8 Å². The summed E-state index contributed by atoms with van der Waals surface area (Å²) in [4.78, 5) is 61.3. The van der Waals surface area contributed by atoms with Gasteiger partial charge in [0, 0.05) is 18.2 Å². The molecule has 6 N–H and O–H groups in total. The van der Waals surface area contributed by atoms with E-state index in [0.29, 0.717) is 12.1 Å². The predicted octanol–water partition coefficient (Wildman–Crippen LogP) is 1.47. The molecule has 2 aromatic carbocycles. The van der Waals surface area contributed by atoms with Gasteiger partial charge in [-0.05, 0) is 48.2 Å². The van der Waals surface area contributed by atoms with E-state index in [9.17, 15) is 37.5 Å². The van der Waals surface area contributed by atoms with Gasteiger partial charge in [-0.15, -0.1) is 0 Å². The maximum absolute atomic E-state index is 13.0. The zero-order valence-corrected chi connectivity index (χ0v) is 22.9. The Morgan fingerprint density at radius 2 is 1.73 bits per heavy atom. The summed E-state index contributed by atoms with van der Waals surface area (Å²) >= 11 is 0. The second-order valence-electron chi connectivity index (χ2n) is 8.94. The van der Waals surface area contributed by atoms with Crippen molar-refractivity contribution in [2.75, 3.05) is 18.1 Å². The fraction of sp³-hybridized carbons (Fsp3) is 0.296. The molecule has 0 aliphatic rings. The average molecular weight is 573 g/mol. The van der Waals surface area contributed by atoms with E-state index in [0.717, 1.165) is 31.6 Å². The van der Waals surface area contributed by atoms with E-state index < -0.39 is 45.5 Å². The molecule has 0 spiro atoms. The van der Waals surface area contributed by atoms with Crippen LogP contribution in [0.25, 0.3) is 6.08 Å². The topological polar surface area (TPSA) is 202 Å². The van der Waals surface area contributed by atoms with Crippen LogP contribution in [0.2, 0.25) is 0 Å². The van der Waals surface area contributed by atoms with Gasteiger partial charge < -0.3 is 21.5 Å². The minimum Gasteiger partial charge on any atom is -0.478 e. The number of sulfonamides is 1. The van der Waals surface area contributed by atoms with Crippen LogP contribution >= 0.6 is 0 Å². The maximum Gasteiger partial charge on any atom is 0.337 e. The maximum atomic E-state index is 13.0. The number of ketones is 1. The third-order valence-electron chi connectivity index (χ3n) is 5.59. The van der Waals surface area contributed by atoms with E-state index in [2.05, 4.69) is 15.4 Å². The van der Waals surface area contributed by atoms with Crippen molar-refractivity contribution in [3.8, 4) is 0 Å². The summed E-state index contributed by atoms with van der Waals surface area (Å²) in [7, 11) is -3.76. The number of carbonyl (C=O) groups excluding carboxylic acids is 4. The number of hydrogen-bond donors (Lipinski definition) is 5. The number of benzene rings is 2. The largest absolute Gasteiger partial charge is 0.478 e. The molecule has 0 aliphatic carbocycles. The molecule has 13 heteroatoms. The lowest BCUT2D eigenvalue weighted by atomic mass is 9.96. The highest BCUT2D eigenvalue weighted by molar-refractivity contribution is 7.88. The minimum absolute atomic E-state index is 0.0844. The van der Waals surface area contributed by atoms with E-state index in [1.807, 2.05) is 6.92 Å². The molecule has 1 unspecified atom stereocenters. The van der Waals surface area contributed by atoms with Gasteiger partial charge in [-0.2, -0.15) is 0 Å². The molecule has 0 saturated heterocycles. The summed E-state index contributed by atoms with van der Waals surface area (Å²) in [6.07, 6.45) is 5.57. The van der Waals surface area contributed by atoms with Gasteiger partial charge in [0.15, 0.2) is 0 Å². The molecule has 0 radical (unpaired) electrons. The summed E-state index contributed by atoms with van der Waals surface area (Å²) in [5.41, 5.74) is 5.28. The molecule has 0 aliphatic heterocycles. The summed E-state index contributed by atoms with van der Waals surface area (Å²) in [6, 6.07) is 8.53. The lowest BCUT2D eigenvalue weighted by Gasteiger charge is -2.18. The second kappa shape index (κ2) is 14.7. The molecule has 0 saturated carbocycles. The molecule has 2 aromatic rings. The second-order valence-corrected chi connectivity index (χ2v) is 10.7. The van der Waals surface area contributed by atoms with Crippen molar-refractivity contribution in [2.45, 2.75) is 38.6 Å². The minimum atomic E-state index is -3.76. The molecule has 12 nitrogen and oxygen atoms in total. The van der Waals surface area contributed by atoms with Gasteiger partial charge >= 0.3 is 5.97 Å². The monoisotopic (exact) mass is 572 g/mol. The Morgan fingerprint density at radius 3 is 2.35 bits per heavy atom. The van der Waals surface area contributed by atoms with E-state index in [1.165, 1.54) is 48.5 Å². The zero-order chi connectivity index (χ0) is 29.9. The standard InChI is InChI=1S/C27H32N4O8S/c1-3-4-7-14-29-25(34)22(31-40(2,38)39)16-17-10-12-19(18(15-17)11-13-23(28)32)24(33)26(35)30-21-9-6-5-8-20(21)27(36)37/h5-6,8-13,15,22,31H,3-4,7,14,16H2,1-2H3,(H2,28,32)(H,29,34)(H,30,35)(H,36,37). The number of para-hydroxylation sites is 1. The SMILES string of the molecule is CCCCCNC(=O)C(Cc1ccc(C(=O)C(=O)Nc2ccccc2C(=O)O)c(C=CC(N)=O)c1)NS(C)(=O)=O. The number of unbranched alkanes of at least 4 members (excludes halogenated alkanes) is 2. The Bertz CT molecular complexity index is 1420. The van der Waals surface area contributed by atoms with Gasteiger partial charge in [0.2, 0.25) is 21.8 Å². The molecule has 40 heavy (non-hydrogen) atoms. The highest BCUT2D eigenvalue weighted by Crippen LogP contribution is 2.19. The van der Waals surface area contributed by atoms with Crippen molar-refractivity contribution in [2.24, 2.45) is 5.73 Å². The first-order valence-electron chi connectivity index (χ1n) is 12.4. The van der Waals surface area contributed by atoms with E-state index in [4.69, 9.17) is 5.73 Å². The Hall–Kier alpha value is -4.36. The third-order valence-corrected chi connectivity index (χ3v) is 6.30. The van der Waals surface area contributed by atoms with Crippen LogP contribution in [0, 0.1) is 0 Å². The number of amides is 3. The molecule has 2 rings (SSSR count). The quantitative estimate of drug-likeness (QED) is 0.0913. The van der Waals surface area contributed by atoms with Crippen molar-refractivity contribution >= 4 is 51.3 Å². The van der Waals surface area contributed by atoms with Crippen LogP contribution in [0.3, 0.4) is 0 Å². The van der Waals surface area contributed by atoms with Crippen molar-refractivity contribution < 1.29 is 37.5 Å². The van der Waals surface area contributed by atoms with Crippen LogP contribution in [0.1, 0.15) is 58.0 Å². The smallest absolute Gasteiger partial charge is 0.337 e. The fourth-order valence-electron chi connectivity index (χ4n) is 3.73. The number of primary amides is 1. The zero-order valence-electron chi connectivity index (χ0n) is 22.1. The molecule has 1 atom stereocenters. The van der Waals surface area contributed by atoms with E-state index in [1.54, 1.807) is 0 Å². The molecular formula is C27H32N4O8S. The van der Waals surface area contributed by atoms with Crippen LogP contribution in [-0.4, -0.2) is 61.8 Å². The Labute approximate surface area is 232 Å². The number of Topliss-reactive ketones (excluding diaryl/α,β-unsaturated/α-hetero) is 1. The molecule has 0 fully saturated rings. The number of rotatable bonds is 15. The van der Waals surface area contributed by atoms with Crippen molar-refractivity contribution in [1.82, 2.24) is 10.0 Å². The highest BCUT2D eigenvalue weighted by atomic mass is 32.2. The average Bonchev–Trinajstić information content (AvgIpc) is 2.88.